The van der Waals surface area contributed by atoms with Crippen LogP contribution in [0.1, 0.15) is 5.56 Å². The summed E-state index contributed by atoms with van der Waals surface area (Å²) in [5, 5.41) is 20.6. The quantitative estimate of drug-likeness (QED) is 0.303. The molecule has 0 atom stereocenters. The molecule has 15 heavy (non-hydrogen) atoms. The van der Waals surface area contributed by atoms with E-state index in [9.17, 15) is 13.5 Å². The molecule has 0 saturated heterocycles. The molecule has 1 aromatic rings. The van der Waals surface area contributed by atoms with E-state index in [0.717, 1.165) is 0 Å². The summed E-state index contributed by atoms with van der Waals surface area (Å²) in [6.45, 7) is 0. The van der Waals surface area contributed by atoms with Gasteiger partial charge in [0.15, 0.2) is 0 Å². The summed E-state index contributed by atoms with van der Waals surface area (Å²) >= 11 is 0. The van der Waals surface area contributed by atoms with Crippen molar-refractivity contribution in [3.05, 3.63) is 29.8 Å². The molecular weight excluding hydrogens is 222 g/mol. The molecule has 0 aliphatic heterocycles. The molecule has 0 fully saturated rings. The Kier molecular flexibility index (Phi) is 3.28. The minimum atomic E-state index is -4.30. The van der Waals surface area contributed by atoms with Crippen LogP contribution in [0.5, 0.6) is 5.75 Å². The molecular formula is C8H9NO5S. The molecule has 0 aliphatic rings. The van der Waals surface area contributed by atoms with Crippen LogP contribution in [0.3, 0.4) is 0 Å². The van der Waals surface area contributed by atoms with Crippen molar-refractivity contribution < 1.29 is 23.3 Å². The summed E-state index contributed by atoms with van der Waals surface area (Å²) in [6, 6.07) is 5.74. The normalized spacial score (nSPS) is 12.7. The average molecular weight is 231 g/mol. The Bertz CT molecular complexity index is 480. The van der Waals surface area contributed by atoms with Gasteiger partial charge in [-0.2, -0.15) is 8.42 Å². The lowest BCUT2D eigenvalue weighted by Crippen LogP contribution is -2.16. The first-order valence-electron chi connectivity index (χ1n) is 3.88. The van der Waals surface area contributed by atoms with E-state index in [1.807, 2.05) is 0 Å². The molecule has 1 aromatic carbocycles. The fourth-order valence-electron chi connectivity index (χ4n) is 1.05. The van der Waals surface area contributed by atoms with Gasteiger partial charge in [-0.05, 0) is 12.1 Å². The van der Waals surface area contributed by atoms with Crippen molar-refractivity contribution in [2.24, 2.45) is 5.16 Å². The highest BCUT2D eigenvalue weighted by atomic mass is 32.2. The van der Waals surface area contributed by atoms with Gasteiger partial charge in [-0.15, -0.1) is 0 Å². The molecule has 0 saturated carbocycles. The SMILES string of the molecule is O=S(=O)(O)CC(=NO)c1ccccc1O. The van der Waals surface area contributed by atoms with Gasteiger partial charge in [0, 0.05) is 5.56 Å². The van der Waals surface area contributed by atoms with Crippen molar-refractivity contribution >= 4 is 15.8 Å². The largest absolute Gasteiger partial charge is 0.507 e. The summed E-state index contributed by atoms with van der Waals surface area (Å²) in [5.74, 6) is -1.09. The Hall–Kier alpha value is -1.60. The molecule has 7 heteroatoms. The number of rotatable bonds is 3. The fourth-order valence-corrected chi connectivity index (χ4v) is 1.61. The number of oxime groups is 1. The lowest BCUT2D eigenvalue weighted by atomic mass is 10.1. The molecule has 0 spiro atoms. The van der Waals surface area contributed by atoms with Crippen LogP contribution in [-0.4, -0.2) is 34.7 Å². The van der Waals surface area contributed by atoms with E-state index in [0.29, 0.717) is 0 Å². The number of hydrogen-bond acceptors (Lipinski definition) is 5. The first-order chi connectivity index (χ1) is 6.94. The van der Waals surface area contributed by atoms with Gasteiger partial charge in [0.25, 0.3) is 10.1 Å². The molecule has 0 radical (unpaired) electrons. The molecule has 0 amide bonds. The number of para-hydroxylation sites is 1. The monoisotopic (exact) mass is 231 g/mol. The van der Waals surface area contributed by atoms with Crippen LogP contribution >= 0.6 is 0 Å². The lowest BCUT2D eigenvalue weighted by Gasteiger charge is -2.04. The molecule has 1 rings (SSSR count). The molecule has 6 nitrogen and oxygen atoms in total. The second-order valence-corrected chi connectivity index (χ2v) is 4.24. The number of nitrogens with zero attached hydrogens (tertiary/aromatic N) is 1. The second-order valence-electron chi connectivity index (χ2n) is 2.79. The van der Waals surface area contributed by atoms with Crippen molar-refractivity contribution in [1.82, 2.24) is 0 Å². The zero-order valence-electron chi connectivity index (χ0n) is 7.53. The Morgan fingerprint density at radius 2 is 1.93 bits per heavy atom. The summed E-state index contributed by atoms with van der Waals surface area (Å²) in [7, 11) is -4.30. The van der Waals surface area contributed by atoms with Crippen LogP contribution in [0.2, 0.25) is 0 Å². The standard InChI is InChI=1S/C8H9NO5S/c10-8-4-2-1-3-6(8)7(9-11)5-15(12,13)14/h1-4,10-11H,5H2,(H,12,13,14). The third-order valence-electron chi connectivity index (χ3n) is 1.65. The van der Waals surface area contributed by atoms with Crippen LogP contribution in [0.4, 0.5) is 0 Å². The molecule has 3 N–H and O–H groups in total. The number of benzene rings is 1. The van der Waals surface area contributed by atoms with Crippen molar-refractivity contribution in [2.45, 2.75) is 0 Å². The van der Waals surface area contributed by atoms with Gasteiger partial charge in [0.2, 0.25) is 0 Å². The third-order valence-corrected chi connectivity index (χ3v) is 2.29. The molecule has 0 unspecified atom stereocenters. The van der Waals surface area contributed by atoms with Gasteiger partial charge in [-0.3, -0.25) is 4.55 Å². The summed E-state index contributed by atoms with van der Waals surface area (Å²) < 4.78 is 29.7. The van der Waals surface area contributed by atoms with E-state index in [1.54, 1.807) is 0 Å². The zero-order valence-corrected chi connectivity index (χ0v) is 8.35. The maximum atomic E-state index is 10.6. The number of phenolic OH excluding ortho intramolecular Hbond substituents is 1. The summed E-state index contributed by atoms with van der Waals surface area (Å²) in [6.07, 6.45) is 0. The highest BCUT2D eigenvalue weighted by Crippen LogP contribution is 2.17. The smallest absolute Gasteiger partial charge is 0.270 e. The van der Waals surface area contributed by atoms with Crippen LogP contribution < -0.4 is 0 Å². The minimum Gasteiger partial charge on any atom is -0.507 e. The van der Waals surface area contributed by atoms with Crippen molar-refractivity contribution in [3.8, 4) is 5.75 Å². The van der Waals surface area contributed by atoms with E-state index < -0.39 is 15.9 Å². The summed E-state index contributed by atoms with van der Waals surface area (Å²) in [5.41, 5.74) is -0.270. The van der Waals surface area contributed by atoms with E-state index in [2.05, 4.69) is 5.16 Å². The molecule has 0 aliphatic carbocycles. The predicted octanol–water partition coefficient (Wildman–Crippen LogP) is 0.458. The molecule has 82 valence electrons. The Morgan fingerprint density at radius 3 is 2.40 bits per heavy atom. The number of phenols is 1. The van der Waals surface area contributed by atoms with Crippen LogP contribution in [0.25, 0.3) is 0 Å². The molecule has 0 bridgehead atoms. The number of aromatic hydroxyl groups is 1. The zero-order chi connectivity index (χ0) is 11.5. The summed E-state index contributed by atoms with van der Waals surface area (Å²) in [4.78, 5) is 0. The third kappa shape index (κ3) is 3.22. The lowest BCUT2D eigenvalue weighted by molar-refractivity contribution is 0.318. The topological polar surface area (TPSA) is 107 Å². The van der Waals surface area contributed by atoms with Gasteiger partial charge in [0.1, 0.15) is 17.2 Å². The molecule has 0 heterocycles. The van der Waals surface area contributed by atoms with Gasteiger partial charge < -0.3 is 10.3 Å². The Labute approximate surface area is 86.2 Å². The van der Waals surface area contributed by atoms with Gasteiger partial charge >= 0.3 is 0 Å². The van der Waals surface area contributed by atoms with Crippen LogP contribution in [0, 0.1) is 0 Å². The first-order valence-corrected chi connectivity index (χ1v) is 5.49. The van der Waals surface area contributed by atoms with Crippen LogP contribution in [-0.2, 0) is 10.1 Å². The van der Waals surface area contributed by atoms with Crippen molar-refractivity contribution in [3.63, 3.8) is 0 Å². The Balaban J connectivity index is 3.11. The average Bonchev–Trinajstić information content (AvgIpc) is 2.14. The van der Waals surface area contributed by atoms with Gasteiger partial charge in [-0.1, -0.05) is 17.3 Å². The minimum absolute atomic E-state index is 0.0534. The maximum absolute atomic E-state index is 10.6. The maximum Gasteiger partial charge on any atom is 0.270 e. The molecule has 0 aromatic heterocycles. The number of hydrogen-bond donors (Lipinski definition) is 3. The highest BCUT2D eigenvalue weighted by Gasteiger charge is 2.16. The fraction of sp³-hybridized carbons (Fsp3) is 0.125. The Morgan fingerprint density at radius 1 is 1.33 bits per heavy atom. The first kappa shape index (κ1) is 11.5. The van der Waals surface area contributed by atoms with Crippen LogP contribution in [0.15, 0.2) is 29.4 Å². The van der Waals surface area contributed by atoms with E-state index >= 15 is 0 Å². The highest BCUT2D eigenvalue weighted by molar-refractivity contribution is 7.86. The van der Waals surface area contributed by atoms with E-state index in [-0.39, 0.29) is 17.0 Å². The van der Waals surface area contributed by atoms with E-state index in [1.165, 1.54) is 24.3 Å². The van der Waals surface area contributed by atoms with Crippen molar-refractivity contribution in [2.75, 3.05) is 5.75 Å². The predicted molar refractivity (Wildman–Crippen MR) is 52.8 cm³/mol. The van der Waals surface area contributed by atoms with E-state index in [4.69, 9.17) is 9.76 Å². The van der Waals surface area contributed by atoms with Gasteiger partial charge in [0.05, 0.1) is 0 Å². The second kappa shape index (κ2) is 4.28. The van der Waals surface area contributed by atoms with Gasteiger partial charge in [-0.25, -0.2) is 0 Å². The van der Waals surface area contributed by atoms with Crippen molar-refractivity contribution in [1.29, 1.82) is 0 Å².